The number of sulfone groups is 1. The second-order valence-corrected chi connectivity index (χ2v) is 23.0. The molecule has 16 nitrogen and oxygen atoms in total. The summed E-state index contributed by atoms with van der Waals surface area (Å²) < 4.78 is 203. The Labute approximate surface area is 415 Å². The number of halogens is 11. The lowest BCUT2D eigenvalue weighted by atomic mass is 9.93. The third-order valence-corrected chi connectivity index (χ3v) is 15.6. The number of benzene rings is 2. The Morgan fingerprint density at radius 2 is 1.56 bits per heavy atom. The van der Waals surface area contributed by atoms with E-state index >= 15 is 8.78 Å². The lowest BCUT2D eigenvalue weighted by molar-refractivity contribution is -0.143. The SMILES string of the molecule is COC(=O)CN(C)C(=O)N(c1nn(CC(F)(F)F)c2c(-c3ccc(CCC(C)(C)S(C)(=O)=O)nc3[C@H](Cc3cc(F)cc(F)c3)NC(=O)Cn3nc(C(F)(F)F)c4c3C(F)(F)[C@H](C)C4)ccc(Cl)c12)S(C)(=O)=O. The van der Waals surface area contributed by atoms with Crippen molar-refractivity contribution in [1.82, 2.24) is 34.8 Å². The Bertz CT molecular complexity index is 3220. The van der Waals surface area contributed by atoms with Crippen LogP contribution in [0.4, 0.5) is 54.5 Å². The zero-order valence-corrected chi connectivity index (χ0v) is 41.9. The van der Waals surface area contributed by atoms with Crippen molar-refractivity contribution in [3.05, 3.63) is 93.0 Å². The van der Waals surface area contributed by atoms with Gasteiger partial charge in [0.25, 0.3) is 5.92 Å². The molecule has 0 bridgehead atoms. The Morgan fingerprint density at radius 3 is 2.12 bits per heavy atom. The first-order chi connectivity index (χ1) is 33.4. The van der Waals surface area contributed by atoms with Crippen LogP contribution >= 0.6 is 11.6 Å². The maximum atomic E-state index is 15.6. The first-order valence-corrected chi connectivity index (χ1v) is 25.6. The Morgan fingerprint density at radius 1 is 0.945 bits per heavy atom. The minimum Gasteiger partial charge on any atom is -0.468 e. The van der Waals surface area contributed by atoms with Gasteiger partial charge in [0.2, 0.25) is 15.9 Å². The van der Waals surface area contributed by atoms with E-state index in [9.17, 15) is 66.3 Å². The van der Waals surface area contributed by atoms with Crippen LogP contribution in [-0.2, 0) is 78.6 Å². The fourth-order valence-electron chi connectivity index (χ4n) is 8.17. The number of urea groups is 1. The van der Waals surface area contributed by atoms with E-state index in [0.29, 0.717) is 17.2 Å². The Hall–Kier alpha value is -6.03. The van der Waals surface area contributed by atoms with Crippen LogP contribution < -0.4 is 9.62 Å². The van der Waals surface area contributed by atoms with Crippen LogP contribution in [0.5, 0.6) is 0 Å². The summed E-state index contributed by atoms with van der Waals surface area (Å²) in [5.74, 6) is -11.2. The van der Waals surface area contributed by atoms with Crippen LogP contribution in [0, 0.1) is 17.6 Å². The van der Waals surface area contributed by atoms with Gasteiger partial charge in [-0.25, -0.2) is 30.4 Å². The summed E-state index contributed by atoms with van der Waals surface area (Å²) in [6, 6.07) is 3.55. The number of likely N-dealkylation sites (N-methyl/N-ethyl adjacent to an activating group) is 1. The van der Waals surface area contributed by atoms with Crippen molar-refractivity contribution in [3.63, 3.8) is 0 Å². The van der Waals surface area contributed by atoms with E-state index in [2.05, 4.69) is 25.2 Å². The molecule has 3 aromatic heterocycles. The van der Waals surface area contributed by atoms with Crippen molar-refractivity contribution < 1.29 is 79.9 Å². The first kappa shape index (κ1) is 56.3. The standard InChI is InChI=1S/C44H45ClF10N8O8S2/c1-22-14-29-37(44(53,54)55)58-61(38(29)43(22,51)52)19-32(64)57-31(17-23-15-24(46)18-25(47)16-23)35-27(9-8-26(56-35)12-13-41(2,3)72(6,67)68)28-10-11-30(45)34-36(28)62(21-42(48,49)50)59-39(34)63(73(7,69)70)40(66)60(4)20-33(65)71-5/h8-11,15-16,18,22,31H,12-14,17,19-21H2,1-7H3,(H,57,64)/t22-,31+/m1/s1. The normalized spacial score (nSPS) is 15.6. The van der Waals surface area contributed by atoms with Crippen LogP contribution in [0.3, 0.4) is 0 Å². The fraction of sp³-hybridized carbons (Fsp3) is 0.455. The molecule has 0 unspecified atom stereocenters. The number of pyridine rings is 1. The number of nitrogens with one attached hydrogen (secondary N) is 1. The summed E-state index contributed by atoms with van der Waals surface area (Å²) in [4.78, 5) is 45.4. The predicted octanol–water partition coefficient (Wildman–Crippen LogP) is 7.94. The third-order valence-electron chi connectivity index (χ3n) is 12.1. The molecule has 73 heavy (non-hydrogen) atoms. The van der Waals surface area contributed by atoms with Crippen molar-refractivity contribution in [1.29, 1.82) is 0 Å². The highest BCUT2D eigenvalue weighted by Gasteiger charge is 2.54. The van der Waals surface area contributed by atoms with Crippen LogP contribution in [0.15, 0.2) is 42.5 Å². The van der Waals surface area contributed by atoms with Gasteiger partial charge in [-0.05, 0) is 69.4 Å². The molecule has 6 rings (SSSR count). The molecule has 2 aromatic carbocycles. The predicted molar refractivity (Wildman–Crippen MR) is 244 cm³/mol. The molecular weight excluding hydrogens is 1060 g/mol. The number of carbonyl (C=O) groups excluding carboxylic acids is 3. The molecule has 1 N–H and O–H groups in total. The zero-order valence-electron chi connectivity index (χ0n) is 39.5. The van der Waals surface area contributed by atoms with E-state index in [1.165, 1.54) is 26.0 Å². The van der Waals surface area contributed by atoms with Gasteiger partial charge in [0.1, 0.15) is 37.0 Å². The third kappa shape index (κ3) is 12.0. The number of aryl methyl sites for hydroxylation is 1. The molecule has 2 atom stereocenters. The monoisotopic (exact) mass is 1100 g/mol. The van der Waals surface area contributed by atoms with Crippen molar-refractivity contribution in [3.8, 4) is 11.1 Å². The largest absolute Gasteiger partial charge is 0.468 e. The minimum atomic E-state index is -5.24. The number of rotatable bonds is 16. The van der Waals surface area contributed by atoms with Gasteiger partial charge in [0.05, 0.1) is 45.8 Å². The minimum absolute atomic E-state index is 0.0192. The number of hydrogen-bond donors (Lipinski definition) is 1. The molecule has 0 radical (unpaired) electrons. The van der Waals surface area contributed by atoms with E-state index in [4.69, 9.17) is 11.6 Å². The number of esters is 1. The molecule has 3 heterocycles. The number of methoxy groups -OCH3 is 1. The average molecular weight is 1100 g/mol. The molecule has 0 aliphatic heterocycles. The summed E-state index contributed by atoms with van der Waals surface area (Å²) in [5.41, 5.74) is -5.59. The van der Waals surface area contributed by atoms with Gasteiger partial charge < -0.3 is 15.0 Å². The lowest BCUT2D eigenvalue weighted by Gasteiger charge is -2.25. The molecule has 0 fully saturated rings. The van der Waals surface area contributed by atoms with E-state index in [1.54, 1.807) is 0 Å². The van der Waals surface area contributed by atoms with Crippen molar-refractivity contribution >= 4 is 66.1 Å². The van der Waals surface area contributed by atoms with Gasteiger partial charge in [-0.1, -0.05) is 30.7 Å². The number of alkyl halides is 8. The fourth-order valence-corrected chi connectivity index (χ4v) is 9.75. The molecule has 0 saturated carbocycles. The quantitative estimate of drug-likeness (QED) is 0.0744. The number of aromatic nitrogens is 5. The van der Waals surface area contributed by atoms with Crippen LogP contribution in [-0.4, -0.2) is 108 Å². The summed E-state index contributed by atoms with van der Waals surface area (Å²) >= 11 is 6.64. The number of nitrogens with zero attached hydrogens (tertiary/aromatic N) is 7. The summed E-state index contributed by atoms with van der Waals surface area (Å²) in [6.45, 7) is -0.377. The van der Waals surface area contributed by atoms with E-state index in [1.807, 2.05) is 0 Å². The van der Waals surface area contributed by atoms with Crippen LogP contribution in [0.25, 0.3) is 22.0 Å². The van der Waals surface area contributed by atoms with E-state index < -0.39 is 161 Å². The number of hydrogen-bond acceptors (Lipinski definition) is 11. The number of amides is 3. The number of ether oxygens (including phenoxy) is 1. The molecule has 398 valence electrons. The van der Waals surface area contributed by atoms with Crippen LogP contribution in [0.1, 0.15) is 67.1 Å². The second-order valence-electron chi connectivity index (χ2n) is 18.1. The highest BCUT2D eigenvalue weighted by atomic mass is 35.5. The number of anilines is 1. The van der Waals surface area contributed by atoms with Crippen molar-refractivity contribution in [2.24, 2.45) is 5.92 Å². The molecule has 1 aliphatic rings. The highest BCUT2D eigenvalue weighted by Crippen LogP contribution is 2.50. The number of sulfonamides is 1. The second kappa shape index (κ2) is 20.0. The van der Waals surface area contributed by atoms with Crippen LogP contribution in [0.2, 0.25) is 5.02 Å². The van der Waals surface area contributed by atoms with Gasteiger partial charge in [-0.15, -0.1) is 0 Å². The van der Waals surface area contributed by atoms with Crippen molar-refractivity contribution in [2.75, 3.05) is 37.5 Å². The van der Waals surface area contributed by atoms with E-state index in [-0.39, 0.29) is 48.9 Å². The zero-order chi connectivity index (χ0) is 54.7. The Balaban J connectivity index is 1.64. The maximum Gasteiger partial charge on any atom is 0.435 e. The molecule has 1 aliphatic carbocycles. The van der Waals surface area contributed by atoms with Gasteiger partial charge in [0.15, 0.2) is 21.3 Å². The van der Waals surface area contributed by atoms with Crippen molar-refractivity contribution in [2.45, 2.75) is 88.6 Å². The van der Waals surface area contributed by atoms with Gasteiger partial charge in [-0.2, -0.15) is 49.6 Å². The topological polar surface area (TPSA) is 196 Å². The molecule has 3 amide bonds. The molecule has 0 spiro atoms. The molecular formula is C44H45ClF10N8O8S2. The summed E-state index contributed by atoms with van der Waals surface area (Å²) in [5, 5.41) is 8.60. The average Bonchev–Trinajstić information content (AvgIpc) is 3.86. The Kier molecular flexibility index (Phi) is 15.4. The van der Waals surface area contributed by atoms with E-state index in [0.717, 1.165) is 51.6 Å². The molecule has 29 heteroatoms. The maximum absolute atomic E-state index is 15.6. The molecule has 5 aromatic rings. The lowest BCUT2D eigenvalue weighted by Crippen LogP contribution is -2.46. The smallest absolute Gasteiger partial charge is 0.435 e. The molecule has 0 saturated heterocycles. The van der Waals surface area contributed by atoms with Gasteiger partial charge in [0, 0.05) is 47.7 Å². The summed E-state index contributed by atoms with van der Waals surface area (Å²) in [6.07, 6.45) is -10.7. The van der Waals surface area contributed by atoms with Gasteiger partial charge in [-0.3, -0.25) is 23.9 Å². The highest BCUT2D eigenvalue weighted by molar-refractivity contribution is 7.93. The van der Waals surface area contributed by atoms with Gasteiger partial charge >= 0.3 is 24.4 Å². The first-order valence-electron chi connectivity index (χ1n) is 21.5. The number of fused-ring (bicyclic) bond motifs is 2. The summed E-state index contributed by atoms with van der Waals surface area (Å²) in [7, 11) is -6.71. The number of carbonyl (C=O) groups is 3.